The highest BCUT2D eigenvalue weighted by Gasteiger charge is 2.22. The van der Waals surface area contributed by atoms with Crippen LogP contribution >= 0.6 is 0 Å². The maximum Gasteiger partial charge on any atom is 0.328 e. The highest BCUT2D eigenvalue weighted by Crippen LogP contribution is 2.39. The van der Waals surface area contributed by atoms with Crippen molar-refractivity contribution in [2.75, 3.05) is 56.3 Å². The number of benzene rings is 2. The zero-order valence-corrected chi connectivity index (χ0v) is 20.9. The standard InChI is InChI=1S/C26H33N3O7/c1-4-34-22-16-21(29-11-13-33-14-12-29)23(35-5-2)15-20(22)28-24(30)17-36-26(32)18(3)27-25(31)19-9-7-6-8-10-19/h6-10,15-16,18H,4-5,11-14,17H2,1-3H3,(H,27,31)(H,28,30)/t18-/m0/s1. The van der Waals surface area contributed by atoms with Crippen LogP contribution in [0.25, 0.3) is 0 Å². The third-order valence-electron chi connectivity index (χ3n) is 5.37. The van der Waals surface area contributed by atoms with Crippen molar-refractivity contribution in [3.05, 3.63) is 48.0 Å². The summed E-state index contributed by atoms with van der Waals surface area (Å²) in [5.41, 5.74) is 1.68. The van der Waals surface area contributed by atoms with E-state index in [1.54, 1.807) is 36.4 Å². The summed E-state index contributed by atoms with van der Waals surface area (Å²) < 4.78 is 22.2. The zero-order valence-electron chi connectivity index (χ0n) is 20.9. The predicted octanol–water partition coefficient (Wildman–Crippen LogP) is 2.62. The molecule has 1 aliphatic rings. The fourth-order valence-electron chi connectivity index (χ4n) is 3.62. The van der Waals surface area contributed by atoms with Crippen LogP contribution in [0.2, 0.25) is 0 Å². The molecule has 1 aliphatic heterocycles. The molecule has 0 saturated carbocycles. The van der Waals surface area contributed by atoms with E-state index in [2.05, 4.69) is 15.5 Å². The lowest BCUT2D eigenvalue weighted by Gasteiger charge is -2.31. The van der Waals surface area contributed by atoms with Gasteiger partial charge in [-0.2, -0.15) is 0 Å². The number of ether oxygens (including phenoxy) is 4. The first-order chi connectivity index (χ1) is 17.4. The lowest BCUT2D eigenvalue weighted by molar-refractivity contribution is -0.148. The van der Waals surface area contributed by atoms with Gasteiger partial charge in [-0.25, -0.2) is 4.79 Å². The molecule has 0 aliphatic carbocycles. The van der Waals surface area contributed by atoms with Gasteiger partial charge in [-0.3, -0.25) is 9.59 Å². The number of hydrogen-bond donors (Lipinski definition) is 2. The summed E-state index contributed by atoms with van der Waals surface area (Å²) in [5, 5.41) is 5.29. The molecule has 1 heterocycles. The molecule has 194 valence electrons. The van der Waals surface area contributed by atoms with Crippen LogP contribution in [-0.4, -0.2) is 69.9 Å². The van der Waals surface area contributed by atoms with Gasteiger partial charge >= 0.3 is 5.97 Å². The summed E-state index contributed by atoms with van der Waals surface area (Å²) in [6, 6.07) is 11.1. The molecule has 0 radical (unpaired) electrons. The van der Waals surface area contributed by atoms with Crippen LogP contribution < -0.4 is 25.0 Å². The number of esters is 1. The van der Waals surface area contributed by atoms with Crippen LogP contribution in [0.15, 0.2) is 42.5 Å². The van der Waals surface area contributed by atoms with E-state index in [1.807, 2.05) is 19.9 Å². The van der Waals surface area contributed by atoms with Crippen molar-refractivity contribution >= 4 is 29.2 Å². The maximum atomic E-state index is 12.6. The lowest BCUT2D eigenvalue weighted by Crippen LogP contribution is -2.40. The Labute approximate surface area is 210 Å². The number of nitrogens with zero attached hydrogens (tertiary/aromatic N) is 1. The molecule has 0 spiro atoms. The van der Waals surface area contributed by atoms with Crippen LogP contribution in [0.1, 0.15) is 31.1 Å². The van der Waals surface area contributed by atoms with E-state index >= 15 is 0 Å². The molecule has 3 rings (SSSR count). The lowest BCUT2D eigenvalue weighted by atomic mass is 10.2. The average Bonchev–Trinajstić information content (AvgIpc) is 2.89. The van der Waals surface area contributed by atoms with Gasteiger partial charge in [-0.05, 0) is 32.9 Å². The SMILES string of the molecule is CCOc1cc(N2CCOCC2)c(OCC)cc1NC(=O)COC(=O)[C@H](C)NC(=O)c1ccccc1. The van der Waals surface area contributed by atoms with Gasteiger partial charge in [-0.1, -0.05) is 18.2 Å². The monoisotopic (exact) mass is 499 g/mol. The molecule has 0 unspecified atom stereocenters. The second kappa shape index (κ2) is 13.3. The van der Waals surface area contributed by atoms with E-state index in [0.717, 1.165) is 5.69 Å². The van der Waals surface area contributed by atoms with Gasteiger partial charge in [0.15, 0.2) is 6.61 Å². The summed E-state index contributed by atoms with van der Waals surface area (Å²) in [7, 11) is 0. The maximum absolute atomic E-state index is 12.6. The minimum absolute atomic E-state index is 0.396. The molecule has 1 fully saturated rings. The number of amides is 2. The topological polar surface area (TPSA) is 115 Å². The third kappa shape index (κ3) is 7.35. The minimum atomic E-state index is -0.929. The van der Waals surface area contributed by atoms with Crippen LogP contribution in [-0.2, 0) is 19.1 Å². The van der Waals surface area contributed by atoms with E-state index in [4.69, 9.17) is 18.9 Å². The molecule has 1 saturated heterocycles. The highest BCUT2D eigenvalue weighted by atomic mass is 16.5. The number of hydrogen-bond acceptors (Lipinski definition) is 8. The molecule has 0 bridgehead atoms. The third-order valence-corrected chi connectivity index (χ3v) is 5.37. The van der Waals surface area contributed by atoms with Gasteiger partial charge in [0.1, 0.15) is 17.5 Å². The Kier molecular flexibility index (Phi) is 9.93. The van der Waals surface area contributed by atoms with Gasteiger partial charge in [0.05, 0.1) is 37.8 Å². The van der Waals surface area contributed by atoms with Crippen molar-refractivity contribution in [3.63, 3.8) is 0 Å². The van der Waals surface area contributed by atoms with Crippen molar-refractivity contribution in [1.29, 1.82) is 0 Å². The van der Waals surface area contributed by atoms with Crippen LogP contribution in [0, 0.1) is 0 Å². The fraction of sp³-hybridized carbons (Fsp3) is 0.423. The molecule has 36 heavy (non-hydrogen) atoms. The number of morpholine rings is 1. The second-order valence-corrected chi connectivity index (χ2v) is 8.00. The summed E-state index contributed by atoms with van der Waals surface area (Å²) >= 11 is 0. The van der Waals surface area contributed by atoms with Crippen LogP contribution in [0.3, 0.4) is 0 Å². The van der Waals surface area contributed by atoms with Gasteiger partial charge in [0.2, 0.25) is 0 Å². The van der Waals surface area contributed by atoms with E-state index in [9.17, 15) is 14.4 Å². The van der Waals surface area contributed by atoms with Crippen molar-refractivity contribution in [3.8, 4) is 11.5 Å². The number of rotatable bonds is 11. The molecule has 2 aromatic rings. The van der Waals surface area contributed by atoms with E-state index in [-0.39, 0.29) is 0 Å². The average molecular weight is 500 g/mol. The van der Waals surface area contributed by atoms with Crippen molar-refractivity contribution in [2.24, 2.45) is 0 Å². The fourth-order valence-corrected chi connectivity index (χ4v) is 3.62. The Morgan fingerprint density at radius 1 is 1.00 bits per heavy atom. The molecule has 10 nitrogen and oxygen atoms in total. The molecule has 2 amide bonds. The van der Waals surface area contributed by atoms with Gasteiger partial charge in [0, 0.05) is 30.8 Å². The number of anilines is 2. The summed E-state index contributed by atoms with van der Waals surface area (Å²) in [6.45, 7) is 8.21. The second-order valence-electron chi connectivity index (χ2n) is 8.00. The zero-order chi connectivity index (χ0) is 25.9. The Hall–Kier alpha value is -3.79. The van der Waals surface area contributed by atoms with E-state index in [1.165, 1.54) is 6.92 Å². The van der Waals surface area contributed by atoms with Crippen LogP contribution in [0.4, 0.5) is 11.4 Å². The normalized spacial score (nSPS) is 13.9. The Balaban J connectivity index is 1.63. The summed E-state index contributed by atoms with van der Waals surface area (Å²) in [4.78, 5) is 39.3. The Morgan fingerprint density at radius 2 is 1.67 bits per heavy atom. The number of carbonyl (C=O) groups excluding carboxylic acids is 3. The smallest absolute Gasteiger partial charge is 0.328 e. The highest BCUT2D eigenvalue weighted by molar-refractivity contribution is 5.98. The molecule has 2 N–H and O–H groups in total. The van der Waals surface area contributed by atoms with E-state index < -0.39 is 30.4 Å². The number of carbonyl (C=O) groups is 3. The predicted molar refractivity (Wildman–Crippen MR) is 135 cm³/mol. The van der Waals surface area contributed by atoms with E-state index in [0.29, 0.717) is 62.3 Å². The Morgan fingerprint density at radius 3 is 2.33 bits per heavy atom. The summed E-state index contributed by atoms with van der Waals surface area (Å²) in [5.74, 6) is -0.600. The summed E-state index contributed by atoms with van der Waals surface area (Å²) in [6.07, 6.45) is 0. The minimum Gasteiger partial charge on any atom is -0.492 e. The first kappa shape index (κ1) is 26.8. The molecular formula is C26H33N3O7. The van der Waals surface area contributed by atoms with Crippen molar-refractivity contribution in [2.45, 2.75) is 26.8 Å². The molecule has 2 aromatic carbocycles. The quantitative estimate of drug-likeness (QED) is 0.454. The molecule has 1 atom stereocenters. The van der Waals surface area contributed by atoms with Gasteiger partial charge < -0.3 is 34.5 Å². The van der Waals surface area contributed by atoms with Gasteiger partial charge in [0.25, 0.3) is 11.8 Å². The van der Waals surface area contributed by atoms with Crippen molar-refractivity contribution < 1.29 is 33.3 Å². The largest absolute Gasteiger partial charge is 0.492 e. The first-order valence-corrected chi connectivity index (χ1v) is 12.0. The number of nitrogens with one attached hydrogen (secondary N) is 2. The molecule has 10 heteroatoms. The van der Waals surface area contributed by atoms with Crippen molar-refractivity contribution in [1.82, 2.24) is 5.32 Å². The first-order valence-electron chi connectivity index (χ1n) is 12.0. The molecular weight excluding hydrogens is 466 g/mol. The van der Waals surface area contributed by atoms with Crippen LogP contribution in [0.5, 0.6) is 11.5 Å². The van der Waals surface area contributed by atoms with Gasteiger partial charge in [-0.15, -0.1) is 0 Å². The molecule has 0 aromatic heterocycles. The Bertz CT molecular complexity index is 1040.